The molecule has 4 heteroatoms. The van der Waals surface area contributed by atoms with E-state index in [2.05, 4.69) is 198 Å². The Morgan fingerprint density at radius 1 is 0.446 bits per heavy atom. The minimum absolute atomic E-state index is 0.322. The van der Waals surface area contributed by atoms with Gasteiger partial charge in [-0.2, -0.15) is 0 Å². The third kappa shape index (κ3) is 5.42. The SMILES string of the molecule is C1=C(c2ccc(-c3ccccc3)cc2)NC(c2ccc3c4ccccc4n(-c4cc(-c5ccccc5)cc5c4oc4ccccc45)c3c2)N=C1c1ccccc1. The van der Waals surface area contributed by atoms with Gasteiger partial charge in [0.15, 0.2) is 5.58 Å². The fourth-order valence-corrected chi connectivity index (χ4v) is 8.29. The van der Waals surface area contributed by atoms with E-state index in [0.29, 0.717) is 0 Å². The van der Waals surface area contributed by atoms with Gasteiger partial charge in [-0.05, 0) is 75.4 Å². The molecule has 4 nitrogen and oxygen atoms in total. The molecule has 264 valence electrons. The summed E-state index contributed by atoms with van der Waals surface area (Å²) in [6.45, 7) is 0. The molecule has 3 heterocycles. The van der Waals surface area contributed by atoms with Crippen LogP contribution in [0.3, 0.4) is 0 Å². The molecular weight excluding hydrogens is 683 g/mol. The van der Waals surface area contributed by atoms with Gasteiger partial charge in [0.1, 0.15) is 11.7 Å². The average molecular weight is 718 g/mol. The Labute approximate surface area is 324 Å². The predicted molar refractivity (Wildman–Crippen MR) is 232 cm³/mol. The van der Waals surface area contributed by atoms with Gasteiger partial charge in [0.05, 0.1) is 22.4 Å². The van der Waals surface area contributed by atoms with Crippen LogP contribution < -0.4 is 5.32 Å². The number of aromatic nitrogens is 1. The lowest BCUT2D eigenvalue weighted by Crippen LogP contribution is -2.24. The van der Waals surface area contributed by atoms with E-state index in [4.69, 9.17) is 9.41 Å². The number of aliphatic imine (C=N–C) groups is 1. The molecular formula is C52H35N3O. The number of furan rings is 1. The number of rotatable bonds is 6. The minimum Gasteiger partial charge on any atom is -0.454 e. The lowest BCUT2D eigenvalue weighted by molar-refractivity contribution is 0.664. The Balaban J connectivity index is 1.10. The van der Waals surface area contributed by atoms with Crippen LogP contribution in [0, 0.1) is 0 Å². The molecule has 8 aromatic carbocycles. The van der Waals surface area contributed by atoms with Gasteiger partial charge in [-0.1, -0.05) is 164 Å². The van der Waals surface area contributed by atoms with Crippen LogP contribution in [-0.4, -0.2) is 10.3 Å². The summed E-state index contributed by atoms with van der Waals surface area (Å²) in [5.74, 6) is 0. The third-order valence-electron chi connectivity index (χ3n) is 11.0. The Kier molecular flexibility index (Phi) is 7.52. The molecule has 2 aromatic heterocycles. The predicted octanol–water partition coefficient (Wildman–Crippen LogP) is 13.1. The van der Waals surface area contributed by atoms with Crippen LogP contribution in [-0.2, 0) is 0 Å². The molecule has 0 fully saturated rings. The Bertz CT molecular complexity index is 3140. The molecule has 0 amide bonds. The lowest BCUT2D eigenvalue weighted by Gasteiger charge is -2.25. The molecule has 0 saturated heterocycles. The number of nitrogens with zero attached hydrogens (tertiary/aromatic N) is 2. The lowest BCUT2D eigenvalue weighted by atomic mass is 9.99. The summed E-state index contributed by atoms with van der Waals surface area (Å²) in [6.07, 6.45) is 1.85. The second kappa shape index (κ2) is 13.2. The van der Waals surface area contributed by atoms with Crippen LogP contribution in [0.4, 0.5) is 0 Å². The molecule has 1 unspecified atom stereocenters. The molecule has 56 heavy (non-hydrogen) atoms. The standard InChI is InChI=1S/C52H35N3O/c1-4-14-34(15-5-1)36-24-26-38(27-25-36)46-33-45(37-18-8-3-9-19-37)53-52(54-46)39-28-29-42-41-20-10-12-22-47(41)55(48(42)31-39)49-32-40(35-16-6-2-7-17-35)30-44-43-21-11-13-23-50(43)56-51(44)49/h1-33,52,54H. The molecule has 1 N–H and O–H groups in total. The maximum Gasteiger partial charge on any atom is 0.159 e. The average Bonchev–Trinajstić information content (AvgIpc) is 3.82. The first-order chi connectivity index (χ1) is 27.7. The van der Waals surface area contributed by atoms with Gasteiger partial charge >= 0.3 is 0 Å². The van der Waals surface area contributed by atoms with Crippen molar-refractivity contribution in [2.75, 3.05) is 0 Å². The van der Waals surface area contributed by atoms with E-state index in [1.807, 2.05) is 12.1 Å². The number of fused-ring (bicyclic) bond motifs is 6. The van der Waals surface area contributed by atoms with Crippen molar-refractivity contribution in [1.82, 2.24) is 9.88 Å². The van der Waals surface area contributed by atoms with E-state index in [0.717, 1.165) is 77.9 Å². The molecule has 1 aliphatic heterocycles. The van der Waals surface area contributed by atoms with Crippen molar-refractivity contribution in [2.24, 2.45) is 4.99 Å². The van der Waals surface area contributed by atoms with Crippen molar-refractivity contribution in [1.29, 1.82) is 0 Å². The summed E-state index contributed by atoms with van der Waals surface area (Å²) in [4.78, 5) is 5.36. The van der Waals surface area contributed by atoms with Gasteiger partial charge in [-0.15, -0.1) is 0 Å². The molecule has 11 rings (SSSR count). The van der Waals surface area contributed by atoms with Crippen LogP contribution in [0.15, 0.2) is 210 Å². The molecule has 0 spiro atoms. The van der Waals surface area contributed by atoms with E-state index >= 15 is 0 Å². The second-order valence-corrected chi connectivity index (χ2v) is 14.4. The van der Waals surface area contributed by atoms with Crippen molar-refractivity contribution in [3.8, 4) is 27.9 Å². The van der Waals surface area contributed by atoms with Crippen LogP contribution >= 0.6 is 0 Å². The Hall–Kier alpha value is -7.43. The summed E-state index contributed by atoms with van der Waals surface area (Å²) in [5, 5.41) is 8.39. The quantitative estimate of drug-likeness (QED) is 0.186. The maximum absolute atomic E-state index is 6.74. The topological polar surface area (TPSA) is 42.5 Å². The van der Waals surface area contributed by atoms with Gasteiger partial charge in [0.25, 0.3) is 0 Å². The fraction of sp³-hybridized carbons (Fsp3) is 0.0192. The summed E-state index contributed by atoms with van der Waals surface area (Å²) >= 11 is 0. The zero-order valence-electron chi connectivity index (χ0n) is 30.4. The highest BCUT2D eigenvalue weighted by Gasteiger charge is 2.23. The Morgan fingerprint density at radius 2 is 1.04 bits per heavy atom. The number of para-hydroxylation sites is 2. The fourth-order valence-electron chi connectivity index (χ4n) is 8.29. The monoisotopic (exact) mass is 717 g/mol. The second-order valence-electron chi connectivity index (χ2n) is 14.4. The smallest absolute Gasteiger partial charge is 0.159 e. The van der Waals surface area contributed by atoms with Crippen molar-refractivity contribution >= 4 is 55.2 Å². The first kappa shape index (κ1) is 32.0. The number of hydrogen-bond acceptors (Lipinski definition) is 3. The first-order valence-electron chi connectivity index (χ1n) is 19.1. The molecule has 1 atom stereocenters. The van der Waals surface area contributed by atoms with Gasteiger partial charge in [-0.25, -0.2) is 0 Å². The largest absolute Gasteiger partial charge is 0.454 e. The summed E-state index contributed by atoms with van der Waals surface area (Å²) < 4.78 is 9.13. The van der Waals surface area contributed by atoms with Crippen molar-refractivity contribution in [3.05, 3.63) is 217 Å². The minimum atomic E-state index is -0.322. The Morgan fingerprint density at radius 3 is 1.79 bits per heavy atom. The summed E-state index contributed by atoms with van der Waals surface area (Å²) in [6, 6.07) is 68.7. The van der Waals surface area contributed by atoms with Gasteiger partial charge in [0.2, 0.25) is 0 Å². The highest BCUT2D eigenvalue weighted by Crippen LogP contribution is 2.41. The zero-order valence-corrected chi connectivity index (χ0v) is 30.4. The van der Waals surface area contributed by atoms with E-state index < -0.39 is 0 Å². The van der Waals surface area contributed by atoms with Crippen LogP contribution in [0.2, 0.25) is 0 Å². The molecule has 1 aliphatic rings. The van der Waals surface area contributed by atoms with Gasteiger partial charge in [0, 0.05) is 27.2 Å². The van der Waals surface area contributed by atoms with E-state index in [1.54, 1.807) is 0 Å². The molecule has 0 bridgehead atoms. The van der Waals surface area contributed by atoms with Crippen LogP contribution in [0.1, 0.15) is 22.9 Å². The first-order valence-corrected chi connectivity index (χ1v) is 19.1. The van der Waals surface area contributed by atoms with E-state index in [9.17, 15) is 0 Å². The molecule has 10 aromatic rings. The van der Waals surface area contributed by atoms with Crippen LogP contribution in [0.25, 0.3) is 77.4 Å². The summed E-state index contributed by atoms with van der Waals surface area (Å²) in [5.41, 5.74) is 14.9. The van der Waals surface area contributed by atoms with Crippen molar-refractivity contribution in [2.45, 2.75) is 6.17 Å². The molecule has 0 radical (unpaired) electrons. The number of benzene rings is 8. The van der Waals surface area contributed by atoms with Gasteiger partial charge in [-0.3, -0.25) is 4.99 Å². The van der Waals surface area contributed by atoms with Crippen LogP contribution in [0.5, 0.6) is 0 Å². The summed E-state index contributed by atoms with van der Waals surface area (Å²) in [7, 11) is 0. The normalized spacial score (nSPS) is 14.2. The highest BCUT2D eigenvalue weighted by molar-refractivity contribution is 6.15. The van der Waals surface area contributed by atoms with E-state index in [1.165, 1.54) is 21.9 Å². The van der Waals surface area contributed by atoms with Crippen molar-refractivity contribution in [3.63, 3.8) is 0 Å². The molecule has 0 aliphatic carbocycles. The number of nitrogens with one attached hydrogen (secondary N) is 1. The van der Waals surface area contributed by atoms with Crippen molar-refractivity contribution < 1.29 is 4.42 Å². The molecule has 0 saturated carbocycles. The highest BCUT2D eigenvalue weighted by atomic mass is 16.3. The van der Waals surface area contributed by atoms with E-state index in [-0.39, 0.29) is 6.17 Å². The third-order valence-corrected chi connectivity index (χ3v) is 11.0. The number of allylic oxidation sites excluding steroid dienone is 1. The number of hydrogen-bond donors (Lipinski definition) is 1. The zero-order chi connectivity index (χ0) is 37.0. The van der Waals surface area contributed by atoms with Gasteiger partial charge < -0.3 is 14.3 Å². The maximum atomic E-state index is 6.74.